The normalized spacial score (nSPS) is 12.3. The van der Waals surface area contributed by atoms with Crippen LogP contribution in [0.4, 0.5) is 5.69 Å². The molecule has 0 aliphatic rings. The third-order valence-electron chi connectivity index (χ3n) is 3.26. The summed E-state index contributed by atoms with van der Waals surface area (Å²) in [5.41, 5.74) is 9.14. The van der Waals surface area contributed by atoms with E-state index in [2.05, 4.69) is 10.3 Å². The van der Waals surface area contributed by atoms with Gasteiger partial charge < -0.3 is 25.9 Å². The lowest BCUT2D eigenvalue weighted by atomic mass is 10.0. The van der Waals surface area contributed by atoms with E-state index in [1.54, 1.807) is 17.7 Å². The van der Waals surface area contributed by atoms with Crippen molar-refractivity contribution in [2.75, 3.05) is 5.73 Å². The first-order chi connectivity index (χ1) is 13.6. The Hall–Kier alpha value is -4.03. The number of Topliss-reactive ketones (excluding diaryl/α,β-unsaturated/α-hetero) is 1. The number of ketones is 1. The largest absolute Gasteiger partial charge is 0.480 e. The van der Waals surface area contributed by atoms with Crippen LogP contribution in [0.1, 0.15) is 16.8 Å². The van der Waals surface area contributed by atoms with Crippen molar-refractivity contribution in [2.24, 2.45) is 0 Å². The molecular formula is C17H17N3O9. The van der Waals surface area contributed by atoms with Gasteiger partial charge in [0, 0.05) is 29.8 Å². The van der Waals surface area contributed by atoms with Gasteiger partial charge in [0.05, 0.1) is 5.57 Å². The topological polar surface area (TPSA) is 205 Å². The maximum atomic E-state index is 12.2. The van der Waals surface area contributed by atoms with Crippen LogP contribution in [-0.2, 0) is 24.0 Å². The Labute approximate surface area is 163 Å². The molecule has 0 aliphatic carbocycles. The number of hydrogen-bond donors (Lipinski definition) is 6. The van der Waals surface area contributed by atoms with Crippen LogP contribution >= 0.6 is 0 Å². The number of nitrogens with two attached hydrogens (primary N) is 1. The molecular weight excluding hydrogens is 390 g/mol. The van der Waals surface area contributed by atoms with E-state index in [0.717, 1.165) is 0 Å². The molecule has 12 heteroatoms. The molecule has 154 valence electrons. The lowest BCUT2D eigenvalue weighted by molar-refractivity contribution is -0.152. The van der Waals surface area contributed by atoms with Gasteiger partial charge in [-0.25, -0.2) is 19.8 Å². The molecule has 0 spiro atoms. The number of hydrazine groups is 1. The lowest BCUT2D eigenvalue weighted by Crippen LogP contribution is -2.47. The first kappa shape index (κ1) is 23.0. The summed E-state index contributed by atoms with van der Waals surface area (Å²) in [5.74, 6) is -6.32. The number of rotatable bonds is 11. The quantitative estimate of drug-likeness (QED) is 0.0902. The van der Waals surface area contributed by atoms with Gasteiger partial charge in [-0.1, -0.05) is 17.7 Å². The van der Waals surface area contributed by atoms with Crippen LogP contribution in [0.3, 0.4) is 0 Å². The fourth-order valence-electron chi connectivity index (χ4n) is 1.90. The van der Waals surface area contributed by atoms with Crippen LogP contribution in [0.25, 0.3) is 0 Å². The number of nitrogen functional groups attached to an aromatic ring is 1. The summed E-state index contributed by atoms with van der Waals surface area (Å²) in [6, 6.07) is 4.54. The maximum Gasteiger partial charge on any atom is 0.351 e. The Morgan fingerprint density at radius 1 is 1.07 bits per heavy atom. The molecule has 1 rings (SSSR count). The zero-order valence-electron chi connectivity index (χ0n) is 14.7. The highest BCUT2D eigenvalue weighted by Crippen LogP contribution is 2.14. The van der Waals surface area contributed by atoms with Gasteiger partial charge in [0.15, 0.2) is 5.78 Å². The van der Waals surface area contributed by atoms with Crippen LogP contribution in [0, 0.1) is 0 Å². The van der Waals surface area contributed by atoms with Crippen molar-refractivity contribution in [3.05, 3.63) is 53.6 Å². The van der Waals surface area contributed by atoms with Crippen LogP contribution in [0.5, 0.6) is 0 Å². The molecule has 1 aromatic rings. The van der Waals surface area contributed by atoms with Crippen molar-refractivity contribution < 1.29 is 44.1 Å². The van der Waals surface area contributed by atoms with Crippen LogP contribution in [-0.4, -0.2) is 51.0 Å². The minimum Gasteiger partial charge on any atom is -0.480 e. The Kier molecular flexibility index (Phi) is 8.70. The molecule has 0 aromatic heterocycles. The minimum atomic E-state index is -1.60. The second-order valence-corrected chi connectivity index (χ2v) is 5.35. The average molecular weight is 407 g/mol. The maximum absolute atomic E-state index is 12.2. The molecule has 0 saturated heterocycles. The lowest BCUT2D eigenvalue weighted by Gasteiger charge is -2.14. The number of aliphatic carboxylic acids is 3. The number of carboxylic acids is 3. The average Bonchev–Trinajstić information content (AvgIpc) is 2.63. The summed E-state index contributed by atoms with van der Waals surface area (Å²) >= 11 is 0. The Morgan fingerprint density at radius 2 is 1.72 bits per heavy atom. The first-order valence-electron chi connectivity index (χ1n) is 7.79. The van der Waals surface area contributed by atoms with Crippen LogP contribution in [0.2, 0.25) is 0 Å². The number of carbonyl (C=O) groups excluding carboxylic acids is 2. The zero-order valence-corrected chi connectivity index (χ0v) is 14.7. The SMILES string of the molecule is Nc1ccccc1C(=O)C[C@H](NNOC(=O)C=C(C=CC(=O)O)C(=O)O)C(=O)O. The molecule has 0 amide bonds. The highest BCUT2D eigenvalue weighted by Gasteiger charge is 2.23. The minimum absolute atomic E-state index is 0.122. The van der Waals surface area contributed by atoms with Gasteiger partial charge in [-0.3, -0.25) is 9.59 Å². The second-order valence-electron chi connectivity index (χ2n) is 5.35. The highest BCUT2D eigenvalue weighted by atomic mass is 16.7. The summed E-state index contributed by atoms with van der Waals surface area (Å²) in [7, 11) is 0. The van der Waals surface area contributed by atoms with E-state index >= 15 is 0 Å². The monoisotopic (exact) mass is 407 g/mol. The van der Waals surface area contributed by atoms with E-state index in [-0.39, 0.29) is 11.3 Å². The molecule has 0 aliphatic heterocycles. The fraction of sp³-hybridized carbons (Fsp3) is 0.118. The van der Waals surface area contributed by atoms with Gasteiger partial charge >= 0.3 is 23.9 Å². The Balaban J connectivity index is 2.69. The molecule has 0 radical (unpaired) electrons. The molecule has 0 fully saturated rings. The molecule has 0 saturated carbocycles. The third-order valence-corrected chi connectivity index (χ3v) is 3.26. The van der Waals surface area contributed by atoms with Gasteiger partial charge in [0.25, 0.3) is 0 Å². The summed E-state index contributed by atoms with van der Waals surface area (Å²) < 4.78 is 0. The van der Waals surface area contributed by atoms with Crippen molar-refractivity contribution in [1.82, 2.24) is 11.0 Å². The van der Waals surface area contributed by atoms with Gasteiger partial charge in [-0.05, 0) is 18.2 Å². The molecule has 0 unspecified atom stereocenters. The number of carboxylic acid groups (broad SMARTS) is 3. The van der Waals surface area contributed by atoms with Crippen molar-refractivity contribution in [1.29, 1.82) is 0 Å². The second kappa shape index (κ2) is 11.0. The van der Waals surface area contributed by atoms with Gasteiger partial charge in [-0.15, -0.1) is 0 Å². The molecule has 0 bridgehead atoms. The van der Waals surface area contributed by atoms with Crippen LogP contribution in [0.15, 0.2) is 48.1 Å². The van der Waals surface area contributed by atoms with Gasteiger partial charge in [0.1, 0.15) is 6.04 Å². The zero-order chi connectivity index (χ0) is 22.0. The smallest absolute Gasteiger partial charge is 0.351 e. The number of benzene rings is 1. The van der Waals surface area contributed by atoms with Crippen molar-refractivity contribution in [2.45, 2.75) is 12.5 Å². The highest BCUT2D eigenvalue weighted by molar-refractivity contribution is 6.02. The van der Waals surface area contributed by atoms with Gasteiger partial charge in [0.2, 0.25) is 0 Å². The Morgan fingerprint density at radius 3 is 2.28 bits per heavy atom. The molecule has 12 nitrogen and oxygen atoms in total. The standard InChI is InChI=1S/C17H17N3O9/c18-11-4-2-1-3-10(11)13(21)8-12(17(27)28)19-20-29-15(24)7-9(16(25)26)5-6-14(22)23/h1-7,12,19-20H,8,18H2,(H,22,23)(H,25,26)(H,27,28)/t12-/m0/s1. The van der Waals surface area contributed by atoms with Crippen molar-refractivity contribution >= 4 is 35.3 Å². The summed E-state index contributed by atoms with van der Waals surface area (Å²) in [6.07, 6.45) is 1.08. The van der Waals surface area contributed by atoms with Crippen molar-refractivity contribution in [3.63, 3.8) is 0 Å². The predicted octanol–water partition coefficient (Wildman–Crippen LogP) is -0.501. The third kappa shape index (κ3) is 8.03. The van der Waals surface area contributed by atoms with Crippen molar-refractivity contribution in [3.8, 4) is 0 Å². The number of para-hydroxylation sites is 1. The first-order valence-corrected chi connectivity index (χ1v) is 7.79. The number of anilines is 1. The van der Waals surface area contributed by atoms with Gasteiger partial charge in [-0.2, -0.15) is 0 Å². The molecule has 7 N–H and O–H groups in total. The molecule has 1 atom stereocenters. The molecule has 0 heterocycles. The Bertz CT molecular complexity index is 877. The van der Waals surface area contributed by atoms with E-state index in [4.69, 9.17) is 21.1 Å². The molecule has 29 heavy (non-hydrogen) atoms. The fourth-order valence-corrected chi connectivity index (χ4v) is 1.90. The van der Waals surface area contributed by atoms with E-state index in [9.17, 15) is 24.0 Å². The summed E-state index contributed by atoms with van der Waals surface area (Å²) in [5, 5.41) is 26.5. The van der Waals surface area contributed by atoms with E-state index in [1.807, 2.05) is 0 Å². The number of nitrogens with one attached hydrogen (secondary N) is 2. The van der Waals surface area contributed by atoms with E-state index < -0.39 is 47.7 Å². The summed E-state index contributed by atoms with van der Waals surface area (Å²) in [6.45, 7) is 0. The van der Waals surface area contributed by atoms with E-state index in [1.165, 1.54) is 12.1 Å². The predicted molar refractivity (Wildman–Crippen MR) is 96.1 cm³/mol. The molecule has 1 aromatic carbocycles. The van der Waals surface area contributed by atoms with E-state index in [0.29, 0.717) is 18.2 Å². The van der Waals surface area contributed by atoms with Crippen LogP contribution < -0.4 is 16.7 Å². The number of carbonyl (C=O) groups is 5. The summed E-state index contributed by atoms with van der Waals surface area (Å²) in [4.78, 5) is 60.7. The number of hydrogen-bond acceptors (Lipinski definition) is 9.